The zero-order valence-corrected chi connectivity index (χ0v) is 14.4. The monoisotopic (exact) mass is 312 g/mol. The molecule has 1 aromatic carbocycles. The SMILES string of the molecule is COc1cc(C)c(C(=O)NCc2ccncc2)cc1C(C)(C)C. The minimum Gasteiger partial charge on any atom is -0.496 e. The number of aryl methyl sites for hydroxylation is 1. The van der Waals surface area contributed by atoms with Crippen LogP contribution in [0.4, 0.5) is 0 Å². The summed E-state index contributed by atoms with van der Waals surface area (Å²) < 4.78 is 5.48. The van der Waals surface area contributed by atoms with Crippen LogP contribution in [0.2, 0.25) is 0 Å². The molecular formula is C19H24N2O2. The Morgan fingerprint density at radius 3 is 2.43 bits per heavy atom. The summed E-state index contributed by atoms with van der Waals surface area (Å²) in [7, 11) is 1.66. The molecule has 0 unspecified atom stereocenters. The van der Waals surface area contributed by atoms with Crippen molar-refractivity contribution in [2.24, 2.45) is 0 Å². The Bertz CT molecular complexity index is 689. The summed E-state index contributed by atoms with van der Waals surface area (Å²) >= 11 is 0. The molecule has 0 radical (unpaired) electrons. The molecule has 0 aliphatic carbocycles. The number of nitrogens with one attached hydrogen (secondary N) is 1. The van der Waals surface area contributed by atoms with E-state index in [2.05, 4.69) is 31.1 Å². The van der Waals surface area contributed by atoms with E-state index in [1.54, 1.807) is 19.5 Å². The summed E-state index contributed by atoms with van der Waals surface area (Å²) in [4.78, 5) is 16.5. The van der Waals surface area contributed by atoms with Crippen LogP contribution in [0.15, 0.2) is 36.7 Å². The molecule has 4 heteroatoms. The van der Waals surface area contributed by atoms with E-state index in [1.807, 2.05) is 31.2 Å². The van der Waals surface area contributed by atoms with Gasteiger partial charge in [-0.05, 0) is 47.7 Å². The fourth-order valence-electron chi connectivity index (χ4n) is 2.46. The molecular weight excluding hydrogens is 288 g/mol. The normalized spacial score (nSPS) is 11.2. The molecule has 0 saturated heterocycles. The molecule has 122 valence electrons. The molecule has 0 bridgehead atoms. The standard InChI is InChI=1S/C19H24N2O2/c1-13-10-17(23-5)16(19(2,3)4)11-15(13)18(22)21-12-14-6-8-20-9-7-14/h6-11H,12H2,1-5H3,(H,21,22). The van der Waals surface area contributed by atoms with Crippen molar-refractivity contribution < 1.29 is 9.53 Å². The van der Waals surface area contributed by atoms with Gasteiger partial charge in [0.25, 0.3) is 5.91 Å². The molecule has 1 aromatic heterocycles. The highest BCUT2D eigenvalue weighted by atomic mass is 16.5. The molecule has 1 heterocycles. The van der Waals surface area contributed by atoms with Crippen LogP contribution < -0.4 is 10.1 Å². The summed E-state index contributed by atoms with van der Waals surface area (Å²) in [5.41, 5.74) is 3.54. The summed E-state index contributed by atoms with van der Waals surface area (Å²) in [6.45, 7) is 8.74. The lowest BCUT2D eigenvalue weighted by atomic mass is 9.84. The molecule has 0 saturated carbocycles. The minimum absolute atomic E-state index is 0.0764. The number of nitrogens with zero attached hydrogens (tertiary/aromatic N) is 1. The third-order valence-corrected chi connectivity index (χ3v) is 3.80. The fraction of sp³-hybridized carbons (Fsp3) is 0.368. The van der Waals surface area contributed by atoms with Crippen molar-refractivity contribution in [1.82, 2.24) is 10.3 Å². The average molecular weight is 312 g/mol. The second-order valence-corrected chi connectivity index (χ2v) is 6.66. The van der Waals surface area contributed by atoms with Gasteiger partial charge in [0.15, 0.2) is 0 Å². The van der Waals surface area contributed by atoms with Crippen LogP contribution in [0.5, 0.6) is 5.75 Å². The topological polar surface area (TPSA) is 51.2 Å². The first-order valence-electron chi connectivity index (χ1n) is 7.69. The molecule has 1 amide bonds. The number of pyridine rings is 1. The Labute approximate surface area is 137 Å². The Balaban J connectivity index is 2.26. The number of benzene rings is 1. The van der Waals surface area contributed by atoms with Crippen molar-refractivity contribution >= 4 is 5.91 Å². The van der Waals surface area contributed by atoms with Crippen LogP contribution in [0.1, 0.15) is 47.8 Å². The van der Waals surface area contributed by atoms with E-state index in [-0.39, 0.29) is 11.3 Å². The molecule has 0 aliphatic rings. The number of hydrogen-bond acceptors (Lipinski definition) is 3. The summed E-state index contributed by atoms with van der Waals surface area (Å²) in [6, 6.07) is 7.65. The predicted molar refractivity (Wildman–Crippen MR) is 91.8 cm³/mol. The van der Waals surface area contributed by atoms with Crippen LogP contribution in [-0.2, 0) is 12.0 Å². The maximum atomic E-state index is 12.6. The van der Waals surface area contributed by atoms with Gasteiger partial charge < -0.3 is 10.1 Å². The number of carbonyl (C=O) groups excluding carboxylic acids is 1. The summed E-state index contributed by atoms with van der Waals surface area (Å²) in [6.07, 6.45) is 3.44. The van der Waals surface area contributed by atoms with Crippen LogP contribution in [0.3, 0.4) is 0 Å². The van der Waals surface area contributed by atoms with Gasteiger partial charge in [-0.15, -0.1) is 0 Å². The lowest BCUT2D eigenvalue weighted by Crippen LogP contribution is -2.25. The number of rotatable bonds is 4. The van der Waals surface area contributed by atoms with Crippen LogP contribution in [0, 0.1) is 6.92 Å². The minimum atomic E-state index is -0.0980. The highest BCUT2D eigenvalue weighted by Gasteiger charge is 2.22. The maximum absolute atomic E-state index is 12.6. The van der Waals surface area contributed by atoms with E-state index in [0.29, 0.717) is 12.1 Å². The predicted octanol–water partition coefficient (Wildman–Crippen LogP) is 3.63. The zero-order valence-electron chi connectivity index (χ0n) is 14.4. The average Bonchev–Trinajstić information content (AvgIpc) is 2.52. The second kappa shape index (κ2) is 6.82. The van der Waals surface area contributed by atoms with Crippen LogP contribution in [-0.4, -0.2) is 18.0 Å². The second-order valence-electron chi connectivity index (χ2n) is 6.66. The smallest absolute Gasteiger partial charge is 0.251 e. The van der Waals surface area contributed by atoms with Gasteiger partial charge in [0.1, 0.15) is 5.75 Å². The van der Waals surface area contributed by atoms with E-state index < -0.39 is 0 Å². The molecule has 0 fully saturated rings. The zero-order chi connectivity index (χ0) is 17.0. The first kappa shape index (κ1) is 17.0. The van der Waals surface area contributed by atoms with Crippen LogP contribution >= 0.6 is 0 Å². The summed E-state index contributed by atoms with van der Waals surface area (Å²) in [5, 5.41) is 2.96. The molecule has 4 nitrogen and oxygen atoms in total. The molecule has 0 atom stereocenters. The van der Waals surface area contributed by atoms with E-state index in [4.69, 9.17) is 4.74 Å². The Morgan fingerprint density at radius 1 is 1.22 bits per heavy atom. The molecule has 1 N–H and O–H groups in total. The highest BCUT2D eigenvalue weighted by Crippen LogP contribution is 2.33. The van der Waals surface area contributed by atoms with E-state index in [9.17, 15) is 4.79 Å². The van der Waals surface area contributed by atoms with Crippen molar-refractivity contribution in [1.29, 1.82) is 0 Å². The summed E-state index contributed by atoms with van der Waals surface area (Å²) in [5.74, 6) is 0.744. The number of carbonyl (C=O) groups is 1. The van der Waals surface area contributed by atoms with Gasteiger partial charge in [-0.1, -0.05) is 20.8 Å². The number of aromatic nitrogens is 1. The number of methoxy groups -OCH3 is 1. The molecule has 0 spiro atoms. The lowest BCUT2D eigenvalue weighted by molar-refractivity contribution is 0.0950. The largest absolute Gasteiger partial charge is 0.496 e. The number of hydrogen-bond donors (Lipinski definition) is 1. The first-order valence-corrected chi connectivity index (χ1v) is 7.69. The number of amides is 1. The van der Waals surface area contributed by atoms with E-state index >= 15 is 0 Å². The van der Waals surface area contributed by atoms with Gasteiger partial charge in [-0.25, -0.2) is 0 Å². The first-order chi connectivity index (χ1) is 10.8. The van der Waals surface area contributed by atoms with Gasteiger partial charge in [0, 0.05) is 30.1 Å². The van der Waals surface area contributed by atoms with Crippen molar-refractivity contribution in [2.45, 2.75) is 39.7 Å². The van der Waals surface area contributed by atoms with Crippen molar-refractivity contribution in [3.8, 4) is 5.75 Å². The fourth-order valence-corrected chi connectivity index (χ4v) is 2.46. The van der Waals surface area contributed by atoms with E-state index in [0.717, 1.165) is 22.4 Å². The highest BCUT2D eigenvalue weighted by molar-refractivity contribution is 5.96. The van der Waals surface area contributed by atoms with Gasteiger partial charge in [0.2, 0.25) is 0 Å². The third kappa shape index (κ3) is 4.09. The van der Waals surface area contributed by atoms with Gasteiger partial charge >= 0.3 is 0 Å². The third-order valence-electron chi connectivity index (χ3n) is 3.80. The molecule has 2 rings (SSSR count). The molecule has 23 heavy (non-hydrogen) atoms. The van der Waals surface area contributed by atoms with Gasteiger partial charge in [-0.2, -0.15) is 0 Å². The Hall–Kier alpha value is -2.36. The van der Waals surface area contributed by atoms with Gasteiger partial charge in [0.05, 0.1) is 7.11 Å². The van der Waals surface area contributed by atoms with Crippen LogP contribution in [0.25, 0.3) is 0 Å². The van der Waals surface area contributed by atoms with Crippen molar-refractivity contribution in [3.63, 3.8) is 0 Å². The molecule has 0 aliphatic heterocycles. The van der Waals surface area contributed by atoms with Crippen molar-refractivity contribution in [3.05, 3.63) is 58.9 Å². The van der Waals surface area contributed by atoms with Crippen molar-refractivity contribution in [2.75, 3.05) is 7.11 Å². The lowest BCUT2D eigenvalue weighted by Gasteiger charge is -2.23. The Kier molecular flexibility index (Phi) is 5.04. The number of ether oxygens (including phenoxy) is 1. The Morgan fingerprint density at radius 2 is 1.87 bits per heavy atom. The van der Waals surface area contributed by atoms with Gasteiger partial charge in [-0.3, -0.25) is 9.78 Å². The molecule has 2 aromatic rings. The maximum Gasteiger partial charge on any atom is 0.251 e. The van der Waals surface area contributed by atoms with E-state index in [1.165, 1.54) is 0 Å². The quantitative estimate of drug-likeness (QED) is 0.938.